The second-order valence-corrected chi connectivity index (χ2v) is 9.04. The molecule has 0 aromatic heterocycles. The smallest absolute Gasteiger partial charge is 0.186 e. The van der Waals surface area contributed by atoms with Crippen LogP contribution in [-0.2, 0) is 15.9 Å². The van der Waals surface area contributed by atoms with Gasteiger partial charge in [0.15, 0.2) is 35.1 Å². The van der Waals surface area contributed by atoms with E-state index in [1.54, 1.807) is 12.1 Å². The first-order chi connectivity index (χ1) is 18.1. The van der Waals surface area contributed by atoms with Crippen LogP contribution >= 0.6 is 0 Å². The molecule has 12 heteroatoms. The maximum absolute atomic E-state index is 13.5. The van der Waals surface area contributed by atoms with E-state index in [0.717, 1.165) is 0 Å². The lowest BCUT2D eigenvalue weighted by Crippen LogP contribution is -2.59. The van der Waals surface area contributed by atoms with Crippen molar-refractivity contribution in [3.63, 3.8) is 0 Å². The Kier molecular flexibility index (Phi) is 10.3. The van der Waals surface area contributed by atoms with Crippen molar-refractivity contribution >= 4 is 5.78 Å². The Hall–Kier alpha value is -2.97. The third-order valence-electron chi connectivity index (χ3n) is 6.63. The van der Waals surface area contributed by atoms with E-state index in [4.69, 9.17) is 18.9 Å². The Morgan fingerprint density at radius 3 is 2.16 bits per heavy atom. The summed E-state index contributed by atoms with van der Waals surface area (Å²) in [7, 11) is 2.72. The van der Waals surface area contributed by atoms with Gasteiger partial charge in [-0.25, -0.2) is 0 Å². The molecule has 1 aliphatic heterocycles. The minimum absolute atomic E-state index is 0.0740. The minimum Gasteiger partial charge on any atom is -0.504 e. The first kappa shape index (κ1) is 29.6. The van der Waals surface area contributed by atoms with Crippen LogP contribution in [0.5, 0.6) is 23.0 Å². The van der Waals surface area contributed by atoms with Crippen LogP contribution in [0.4, 0.5) is 0 Å². The third-order valence-corrected chi connectivity index (χ3v) is 6.63. The number of ketones is 1. The summed E-state index contributed by atoms with van der Waals surface area (Å²) < 4.78 is 21.4. The second kappa shape index (κ2) is 13.2. The minimum atomic E-state index is -1.65. The van der Waals surface area contributed by atoms with Crippen LogP contribution in [0.3, 0.4) is 0 Å². The summed E-state index contributed by atoms with van der Waals surface area (Å²) in [5.74, 6) is -2.21. The van der Waals surface area contributed by atoms with Crippen molar-refractivity contribution in [3.05, 3.63) is 47.5 Å². The molecule has 0 amide bonds. The van der Waals surface area contributed by atoms with E-state index >= 15 is 0 Å². The van der Waals surface area contributed by atoms with Gasteiger partial charge in [0.1, 0.15) is 24.4 Å². The number of aliphatic hydroxyl groups excluding tert-OH is 5. The molecule has 12 nitrogen and oxygen atoms in total. The first-order valence-electron chi connectivity index (χ1n) is 11.9. The summed E-state index contributed by atoms with van der Waals surface area (Å²) in [5, 5.41) is 70.0. The fraction of sp³-hybridized carbons (Fsp3) is 0.500. The number of hydrogen-bond donors (Lipinski definition) is 7. The fourth-order valence-electron chi connectivity index (χ4n) is 4.38. The van der Waals surface area contributed by atoms with Crippen molar-refractivity contribution in [1.29, 1.82) is 0 Å². The summed E-state index contributed by atoms with van der Waals surface area (Å²) in [6, 6.07) is 8.64. The number of phenols is 2. The van der Waals surface area contributed by atoms with E-state index in [-0.39, 0.29) is 41.6 Å². The van der Waals surface area contributed by atoms with Gasteiger partial charge in [0.25, 0.3) is 0 Å². The molecule has 38 heavy (non-hydrogen) atoms. The maximum atomic E-state index is 13.5. The molecule has 0 saturated carbocycles. The number of methoxy groups -OCH3 is 2. The largest absolute Gasteiger partial charge is 0.504 e. The van der Waals surface area contributed by atoms with Crippen LogP contribution in [0.25, 0.3) is 0 Å². The lowest BCUT2D eigenvalue weighted by atomic mass is 9.82. The number of aromatic hydroxyl groups is 2. The SMILES string of the molecule is COc1cc(C[C@H](CO[C@@H]2O[C@H](CO)[C@@H](O)[C@H](O)[C@H]2O)[C@@H](CO)C(=O)c2ccc(O)c(OC)c2)ccc1O. The number of benzene rings is 2. The highest BCUT2D eigenvalue weighted by atomic mass is 16.7. The van der Waals surface area contributed by atoms with Crippen molar-refractivity contribution in [2.24, 2.45) is 11.8 Å². The number of rotatable bonds is 12. The molecule has 3 rings (SSSR count). The summed E-state index contributed by atoms with van der Waals surface area (Å²) in [5.41, 5.74) is 0.802. The second-order valence-electron chi connectivity index (χ2n) is 9.04. The van der Waals surface area contributed by atoms with Crippen LogP contribution in [0.1, 0.15) is 15.9 Å². The molecular weight excluding hydrogens is 504 g/mol. The van der Waals surface area contributed by atoms with Crippen molar-refractivity contribution < 1.29 is 59.5 Å². The van der Waals surface area contributed by atoms with E-state index in [0.29, 0.717) is 5.56 Å². The average Bonchev–Trinajstić information content (AvgIpc) is 2.92. The van der Waals surface area contributed by atoms with E-state index in [9.17, 15) is 40.5 Å². The zero-order valence-electron chi connectivity index (χ0n) is 21.0. The molecule has 0 spiro atoms. The molecule has 2 aromatic carbocycles. The average molecular weight is 539 g/mol. The van der Waals surface area contributed by atoms with Crippen LogP contribution in [0, 0.1) is 11.8 Å². The fourth-order valence-corrected chi connectivity index (χ4v) is 4.38. The quantitative estimate of drug-likeness (QED) is 0.173. The molecule has 2 aromatic rings. The van der Waals surface area contributed by atoms with Gasteiger partial charge in [-0.05, 0) is 48.2 Å². The molecule has 210 valence electrons. The van der Waals surface area contributed by atoms with Crippen LogP contribution in [0.15, 0.2) is 36.4 Å². The van der Waals surface area contributed by atoms with E-state index in [1.807, 2.05) is 0 Å². The Bertz CT molecular complexity index is 1070. The molecule has 1 fully saturated rings. The highest BCUT2D eigenvalue weighted by Gasteiger charge is 2.44. The van der Waals surface area contributed by atoms with E-state index in [2.05, 4.69) is 0 Å². The Labute approximate surface area is 219 Å². The topological polar surface area (TPSA) is 196 Å². The molecule has 0 radical (unpaired) electrons. The van der Waals surface area contributed by atoms with Gasteiger partial charge in [-0.2, -0.15) is 0 Å². The van der Waals surface area contributed by atoms with Gasteiger partial charge in [-0.15, -0.1) is 0 Å². The van der Waals surface area contributed by atoms with E-state index in [1.165, 1.54) is 38.5 Å². The van der Waals surface area contributed by atoms with E-state index < -0.39 is 61.5 Å². The highest BCUT2D eigenvalue weighted by Crippen LogP contribution is 2.32. The van der Waals surface area contributed by atoms with Crippen molar-refractivity contribution in [2.75, 3.05) is 34.0 Å². The zero-order chi connectivity index (χ0) is 28.0. The molecule has 0 unspecified atom stereocenters. The van der Waals surface area contributed by atoms with Gasteiger partial charge < -0.3 is 54.7 Å². The predicted molar refractivity (Wildman–Crippen MR) is 131 cm³/mol. The lowest BCUT2D eigenvalue weighted by molar-refractivity contribution is -0.303. The lowest BCUT2D eigenvalue weighted by Gasteiger charge is -2.40. The summed E-state index contributed by atoms with van der Waals surface area (Å²) in [6.45, 7) is -1.47. The number of carbonyl (C=O) groups excluding carboxylic acids is 1. The number of Topliss-reactive ketones (excluding diaryl/α,β-unsaturated/α-hetero) is 1. The molecule has 0 aliphatic carbocycles. The van der Waals surface area contributed by atoms with Crippen molar-refractivity contribution in [1.82, 2.24) is 0 Å². The zero-order valence-corrected chi connectivity index (χ0v) is 21.0. The Morgan fingerprint density at radius 1 is 0.921 bits per heavy atom. The van der Waals surface area contributed by atoms with Crippen molar-refractivity contribution in [3.8, 4) is 23.0 Å². The van der Waals surface area contributed by atoms with Gasteiger partial charge in [-0.3, -0.25) is 4.79 Å². The molecule has 1 saturated heterocycles. The maximum Gasteiger partial charge on any atom is 0.186 e. The Balaban J connectivity index is 1.89. The van der Waals surface area contributed by atoms with Crippen LogP contribution < -0.4 is 9.47 Å². The number of hydrogen-bond acceptors (Lipinski definition) is 12. The standard InChI is InChI=1S/C26H34O12/c1-35-19-8-13(3-5-17(19)29)7-15(12-37-26-25(34)24(33)23(32)21(11-28)38-26)16(10-27)22(31)14-4-6-18(30)20(9-14)36-2/h3-6,8-9,15-16,21,23-30,32-34H,7,10-12H2,1-2H3/t15-,16-,21-,23-,24+,25-,26-/m1/s1. The van der Waals surface area contributed by atoms with Gasteiger partial charge in [0.2, 0.25) is 0 Å². The summed E-state index contributed by atoms with van der Waals surface area (Å²) in [6.07, 6.45) is -7.33. The summed E-state index contributed by atoms with van der Waals surface area (Å²) in [4.78, 5) is 13.5. The van der Waals surface area contributed by atoms with Crippen LogP contribution in [0.2, 0.25) is 0 Å². The summed E-state index contributed by atoms with van der Waals surface area (Å²) >= 11 is 0. The van der Waals surface area contributed by atoms with Gasteiger partial charge in [0.05, 0.1) is 40.0 Å². The third kappa shape index (κ3) is 6.53. The Morgan fingerprint density at radius 2 is 1.55 bits per heavy atom. The normalized spacial score (nSPS) is 25.0. The number of phenolic OH excluding ortho intramolecular Hbond substituents is 2. The van der Waals surface area contributed by atoms with Gasteiger partial charge >= 0.3 is 0 Å². The molecular formula is C26H34O12. The first-order valence-corrected chi connectivity index (χ1v) is 11.9. The van der Waals surface area contributed by atoms with Gasteiger partial charge in [-0.1, -0.05) is 6.07 Å². The van der Waals surface area contributed by atoms with Crippen LogP contribution in [-0.4, -0.2) is 106 Å². The highest BCUT2D eigenvalue weighted by molar-refractivity contribution is 5.98. The number of carbonyl (C=O) groups is 1. The number of ether oxygens (including phenoxy) is 4. The molecule has 7 atom stereocenters. The number of aliphatic hydroxyl groups is 5. The van der Waals surface area contributed by atoms with Gasteiger partial charge in [0, 0.05) is 5.56 Å². The monoisotopic (exact) mass is 538 g/mol. The van der Waals surface area contributed by atoms with Crippen molar-refractivity contribution in [2.45, 2.75) is 37.1 Å². The molecule has 1 heterocycles. The molecule has 7 N–H and O–H groups in total. The molecule has 1 aliphatic rings. The molecule has 0 bridgehead atoms. The predicted octanol–water partition coefficient (Wildman–Crippen LogP) is -0.418.